The molecule has 1 amide bonds. The summed E-state index contributed by atoms with van der Waals surface area (Å²) in [4.78, 5) is 17.1. The molecular formula is C26H34ClFN4O2. The van der Waals surface area contributed by atoms with E-state index in [2.05, 4.69) is 22.6 Å². The van der Waals surface area contributed by atoms with E-state index in [-0.39, 0.29) is 18.9 Å². The number of hydrogen-bond donors (Lipinski definition) is 1. The van der Waals surface area contributed by atoms with E-state index in [4.69, 9.17) is 16.7 Å². The zero-order valence-electron chi connectivity index (χ0n) is 19.8. The number of benzene rings is 1. The molecule has 0 unspecified atom stereocenters. The highest BCUT2D eigenvalue weighted by atomic mass is 35.5. The lowest BCUT2D eigenvalue weighted by Crippen LogP contribution is -2.47. The lowest BCUT2D eigenvalue weighted by molar-refractivity contribution is 0.00795. The summed E-state index contributed by atoms with van der Waals surface area (Å²) >= 11 is 6.32. The van der Waals surface area contributed by atoms with Crippen molar-refractivity contribution in [3.05, 3.63) is 45.7 Å². The fourth-order valence-corrected chi connectivity index (χ4v) is 5.97. The van der Waals surface area contributed by atoms with Crippen LogP contribution < -0.4 is 4.90 Å². The molecule has 0 spiro atoms. The molecule has 2 saturated heterocycles. The van der Waals surface area contributed by atoms with Gasteiger partial charge in [0.1, 0.15) is 6.17 Å². The maximum atomic E-state index is 14.0. The van der Waals surface area contributed by atoms with Crippen molar-refractivity contribution in [3.63, 3.8) is 0 Å². The first-order chi connectivity index (χ1) is 16.4. The van der Waals surface area contributed by atoms with Crippen LogP contribution in [0.5, 0.6) is 0 Å². The number of alkyl halides is 1. The second-order valence-corrected chi connectivity index (χ2v) is 10.5. The van der Waals surface area contributed by atoms with E-state index in [9.17, 15) is 14.3 Å². The summed E-state index contributed by atoms with van der Waals surface area (Å²) in [6, 6.07) is 6.12. The van der Waals surface area contributed by atoms with Crippen LogP contribution in [0, 0.1) is 12.8 Å². The summed E-state index contributed by atoms with van der Waals surface area (Å²) in [5.41, 5.74) is 5.12. The Kier molecular flexibility index (Phi) is 6.85. The molecule has 3 aliphatic rings. The Balaban J connectivity index is 1.21. The second-order valence-electron chi connectivity index (χ2n) is 10.1. The minimum absolute atomic E-state index is 0.0493. The Hall–Kier alpha value is -2.12. The molecule has 1 N–H and O–H groups in total. The van der Waals surface area contributed by atoms with Crippen LogP contribution in [0.25, 0.3) is 0 Å². The molecule has 2 atom stereocenters. The zero-order valence-corrected chi connectivity index (χ0v) is 20.6. The third kappa shape index (κ3) is 4.57. The van der Waals surface area contributed by atoms with Gasteiger partial charge in [0.15, 0.2) is 5.69 Å². The van der Waals surface area contributed by atoms with Gasteiger partial charge in [-0.25, -0.2) is 4.39 Å². The van der Waals surface area contributed by atoms with E-state index in [1.54, 1.807) is 0 Å². The number of carbonyl (C=O) groups is 1. The molecule has 2 aromatic rings. The van der Waals surface area contributed by atoms with E-state index in [0.717, 1.165) is 74.3 Å². The average molecular weight is 489 g/mol. The summed E-state index contributed by atoms with van der Waals surface area (Å²) in [5, 5.41) is 15.2. The van der Waals surface area contributed by atoms with Crippen molar-refractivity contribution in [3.8, 4) is 0 Å². The van der Waals surface area contributed by atoms with Crippen LogP contribution in [-0.2, 0) is 19.4 Å². The summed E-state index contributed by atoms with van der Waals surface area (Å²) in [5.74, 6) is 0.448. The molecule has 3 heterocycles. The van der Waals surface area contributed by atoms with E-state index < -0.39 is 12.3 Å². The van der Waals surface area contributed by atoms with Gasteiger partial charge in [0, 0.05) is 48.1 Å². The lowest BCUT2D eigenvalue weighted by Gasteiger charge is -2.34. The molecule has 0 saturated carbocycles. The number of amides is 1. The molecule has 34 heavy (non-hydrogen) atoms. The average Bonchev–Trinajstić information content (AvgIpc) is 3.45. The minimum atomic E-state index is -1.38. The fourth-order valence-electron chi connectivity index (χ4n) is 5.80. The van der Waals surface area contributed by atoms with Crippen LogP contribution in [0.3, 0.4) is 0 Å². The highest BCUT2D eigenvalue weighted by Crippen LogP contribution is 2.32. The number of aliphatic hydroxyl groups excluding tert-OH is 1. The number of piperidine rings is 2. The van der Waals surface area contributed by atoms with Gasteiger partial charge in [-0.05, 0) is 75.5 Å². The fraction of sp³-hybridized carbons (Fsp3) is 0.615. The van der Waals surface area contributed by atoms with Crippen molar-refractivity contribution in [2.24, 2.45) is 5.92 Å². The number of aliphatic hydroxyl groups is 1. The van der Waals surface area contributed by atoms with Gasteiger partial charge >= 0.3 is 0 Å². The van der Waals surface area contributed by atoms with Crippen LogP contribution >= 0.6 is 11.6 Å². The smallest absolute Gasteiger partial charge is 0.274 e. The van der Waals surface area contributed by atoms with E-state index in [0.29, 0.717) is 18.2 Å². The van der Waals surface area contributed by atoms with E-state index in [1.165, 1.54) is 16.3 Å². The number of aromatic nitrogens is 2. The number of anilines is 1. The van der Waals surface area contributed by atoms with Crippen LogP contribution in [0.2, 0.25) is 5.02 Å². The normalized spacial score (nSPS) is 23.4. The van der Waals surface area contributed by atoms with Crippen molar-refractivity contribution >= 4 is 23.2 Å². The maximum Gasteiger partial charge on any atom is 0.274 e. The van der Waals surface area contributed by atoms with Gasteiger partial charge in [0.05, 0.1) is 12.6 Å². The number of hydrogen-bond acceptors (Lipinski definition) is 4. The molecular weight excluding hydrogens is 455 g/mol. The van der Waals surface area contributed by atoms with Crippen LogP contribution in [0.4, 0.5) is 10.1 Å². The van der Waals surface area contributed by atoms with Gasteiger partial charge in [-0.15, -0.1) is 0 Å². The first-order valence-electron chi connectivity index (χ1n) is 12.6. The quantitative estimate of drug-likeness (QED) is 0.685. The van der Waals surface area contributed by atoms with E-state index in [1.807, 2.05) is 12.1 Å². The largest absolute Gasteiger partial charge is 0.390 e. The molecule has 1 aromatic heterocycles. The van der Waals surface area contributed by atoms with Crippen molar-refractivity contribution in [1.82, 2.24) is 14.7 Å². The van der Waals surface area contributed by atoms with Gasteiger partial charge in [0.2, 0.25) is 0 Å². The topological polar surface area (TPSA) is 61.6 Å². The Morgan fingerprint density at radius 3 is 2.76 bits per heavy atom. The molecule has 2 aliphatic heterocycles. The number of rotatable bonds is 5. The number of carbonyl (C=O) groups excluding carboxylic acids is 1. The maximum absolute atomic E-state index is 14.0. The third-order valence-electron chi connectivity index (χ3n) is 7.95. The van der Waals surface area contributed by atoms with Crippen molar-refractivity contribution in [2.75, 3.05) is 31.1 Å². The number of halogens is 2. The van der Waals surface area contributed by atoms with Gasteiger partial charge in [-0.3, -0.25) is 9.48 Å². The number of likely N-dealkylation sites (tertiary alicyclic amines) is 1. The molecule has 8 heteroatoms. The number of fused-ring (bicyclic) bond motifs is 1. The summed E-state index contributed by atoms with van der Waals surface area (Å²) in [7, 11) is 0. The third-order valence-corrected chi connectivity index (χ3v) is 8.36. The molecule has 1 aromatic carbocycles. The molecule has 0 bridgehead atoms. The SMILES string of the molecule is Cc1c(Cl)cccc1N1CCC(CCn2nc(C(=O)N3CC[C@@H](O)[C@@H](F)C3)c3c2CCC3)CC1. The number of aryl methyl sites for hydroxylation is 1. The predicted octanol–water partition coefficient (Wildman–Crippen LogP) is 4.19. The second kappa shape index (κ2) is 9.86. The van der Waals surface area contributed by atoms with Crippen molar-refractivity contribution in [1.29, 1.82) is 0 Å². The Morgan fingerprint density at radius 1 is 1.21 bits per heavy atom. The highest BCUT2D eigenvalue weighted by Gasteiger charge is 2.34. The molecule has 184 valence electrons. The lowest BCUT2D eigenvalue weighted by atomic mass is 9.93. The molecule has 1 aliphatic carbocycles. The molecule has 2 fully saturated rings. The van der Waals surface area contributed by atoms with Gasteiger partial charge < -0.3 is 14.9 Å². The molecule has 5 rings (SSSR count). The van der Waals surface area contributed by atoms with Crippen LogP contribution in [-0.4, -0.2) is 64.1 Å². The minimum Gasteiger partial charge on any atom is -0.390 e. The summed E-state index contributed by atoms with van der Waals surface area (Å²) in [6.45, 7) is 5.29. The first kappa shape index (κ1) is 23.6. The number of nitrogens with zero attached hydrogens (tertiary/aromatic N) is 4. The van der Waals surface area contributed by atoms with Crippen molar-refractivity contribution in [2.45, 2.75) is 70.7 Å². The Bertz CT molecular complexity index is 1050. The Morgan fingerprint density at radius 2 is 2.00 bits per heavy atom. The Labute approximate surface area is 205 Å². The van der Waals surface area contributed by atoms with Crippen molar-refractivity contribution < 1.29 is 14.3 Å². The molecule has 0 radical (unpaired) electrons. The monoisotopic (exact) mass is 488 g/mol. The highest BCUT2D eigenvalue weighted by molar-refractivity contribution is 6.31. The van der Waals surface area contributed by atoms with Crippen LogP contribution in [0.1, 0.15) is 59.4 Å². The standard InChI is InChI=1S/C26H34ClFN4O2/c1-17-20(27)5-3-6-22(17)30-12-8-18(9-13-30)10-15-32-23-7-2-4-19(23)25(29-32)26(34)31-14-11-24(33)21(28)16-31/h3,5-6,18,21,24,33H,2,4,7-16H2,1H3/t21-,24+/m0/s1. The van der Waals surface area contributed by atoms with Gasteiger partial charge in [-0.1, -0.05) is 17.7 Å². The predicted molar refractivity (Wildman–Crippen MR) is 131 cm³/mol. The van der Waals surface area contributed by atoms with Gasteiger partial charge in [-0.2, -0.15) is 5.10 Å². The van der Waals surface area contributed by atoms with Crippen LogP contribution in [0.15, 0.2) is 18.2 Å². The van der Waals surface area contributed by atoms with Gasteiger partial charge in [0.25, 0.3) is 5.91 Å². The summed E-state index contributed by atoms with van der Waals surface area (Å²) < 4.78 is 16.1. The van der Waals surface area contributed by atoms with E-state index >= 15 is 0 Å². The molecule has 6 nitrogen and oxygen atoms in total. The zero-order chi connectivity index (χ0) is 23.8. The summed E-state index contributed by atoms with van der Waals surface area (Å²) in [6.07, 6.45) is 4.10. The first-order valence-corrected chi connectivity index (χ1v) is 13.0.